The van der Waals surface area contributed by atoms with Crippen LogP contribution >= 0.6 is 15.9 Å². The van der Waals surface area contributed by atoms with Crippen LogP contribution in [-0.2, 0) is 4.79 Å². The Hall–Kier alpha value is -0.0500. The first-order valence-corrected chi connectivity index (χ1v) is 7.52. The second kappa shape index (κ2) is 4.67. The van der Waals surface area contributed by atoms with E-state index in [0.29, 0.717) is 23.2 Å². The smallest absolute Gasteiger partial charge is 0.222 e. The van der Waals surface area contributed by atoms with Gasteiger partial charge in [0.1, 0.15) is 0 Å². The summed E-state index contributed by atoms with van der Waals surface area (Å²) in [5.74, 6) is 1.60. The lowest BCUT2D eigenvalue weighted by atomic mass is 9.70. The molecule has 1 aliphatic carbocycles. The molecular weight excluding hydrogens is 266 g/mol. The Morgan fingerprint density at radius 1 is 1.50 bits per heavy atom. The molecule has 2 aliphatic rings. The molecule has 0 spiro atoms. The van der Waals surface area contributed by atoms with Gasteiger partial charge in [0.15, 0.2) is 0 Å². The summed E-state index contributed by atoms with van der Waals surface area (Å²) in [7, 11) is 0. The molecule has 16 heavy (non-hydrogen) atoms. The summed E-state index contributed by atoms with van der Waals surface area (Å²) in [5, 5.41) is 1.05. The van der Waals surface area contributed by atoms with E-state index in [-0.39, 0.29) is 0 Å². The van der Waals surface area contributed by atoms with E-state index in [1.54, 1.807) is 0 Å². The number of nitrogens with zero attached hydrogens (tertiary/aromatic N) is 1. The van der Waals surface area contributed by atoms with E-state index in [2.05, 4.69) is 34.7 Å². The van der Waals surface area contributed by atoms with Gasteiger partial charge in [0, 0.05) is 24.8 Å². The van der Waals surface area contributed by atoms with Gasteiger partial charge in [0.2, 0.25) is 5.91 Å². The summed E-state index contributed by atoms with van der Waals surface area (Å²) in [5.41, 5.74) is 0.404. The monoisotopic (exact) mass is 287 g/mol. The Morgan fingerprint density at radius 2 is 2.19 bits per heavy atom. The van der Waals surface area contributed by atoms with Gasteiger partial charge in [0.05, 0.1) is 0 Å². The van der Waals surface area contributed by atoms with E-state index in [1.807, 2.05) is 0 Å². The number of carbonyl (C=O) groups excluding carboxylic acids is 1. The third-order valence-corrected chi connectivity index (χ3v) is 5.60. The van der Waals surface area contributed by atoms with E-state index in [0.717, 1.165) is 24.8 Å². The van der Waals surface area contributed by atoms with Gasteiger partial charge >= 0.3 is 0 Å². The molecule has 2 nitrogen and oxygen atoms in total. The zero-order chi connectivity index (χ0) is 11.8. The van der Waals surface area contributed by atoms with Gasteiger partial charge in [-0.15, -0.1) is 0 Å². The molecule has 0 aromatic carbocycles. The summed E-state index contributed by atoms with van der Waals surface area (Å²) in [4.78, 5) is 14.0. The van der Waals surface area contributed by atoms with Crippen molar-refractivity contribution in [2.75, 3.05) is 18.4 Å². The van der Waals surface area contributed by atoms with Crippen LogP contribution in [0.5, 0.6) is 0 Å². The van der Waals surface area contributed by atoms with Crippen LogP contribution < -0.4 is 0 Å². The Balaban J connectivity index is 1.93. The van der Waals surface area contributed by atoms with Crippen LogP contribution in [0.4, 0.5) is 0 Å². The van der Waals surface area contributed by atoms with Crippen LogP contribution in [0.1, 0.15) is 39.5 Å². The average molecular weight is 288 g/mol. The third kappa shape index (κ3) is 2.29. The lowest BCUT2D eigenvalue weighted by Crippen LogP contribution is -2.44. The minimum absolute atomic E-state index is 0.380. The predicted molar refractivity (Wildman–Crippen MR) is 69.6 cm³/mol. The molecule has 1 amide bonds. The van der Waals surface area contributed by atoms with Crippen molar-refractivity contribution >= 4 is 21.8 Å². The molecule has 1 saturated carbocycles. The van der Waals surface area contributed by atoms with Crippen molar-refractivity contribution < 1.29 is 4.79 Å². The SMILES string of the molecule is CC(C)C1CC(=O)N(CC2(CBr)CCC2)C1. The number of hydrogen-bond donors (Lipinski definition) is 0. The van der Waals surface area contributed by atoms with Crippen molar-refractivity contribution in [1.29, 1.82) is 0 Å². The molecule has 3 heteroatoms. The average Bonchev–Trinajstić information content (AvgIpc) is 2.54. The van der Waals surface area contributed by atoms with Gasteiger partial charge in [0.25, 0.3) is 0 Å². The van der Waals surface area contributed by atoms with E-state index in [9.17, 15) is 4.79 Å². The highest BCUT2D eigenvalue weighted by Crippen LogP contribution is 2.44. The van der Waals surface area contributed by atoms with E-state index < -0.39 is 0 Å². The topological polar surface area (TPSA) is 20.3 Å². The highest BCUT2D eigenvalue weighted by molar-refractivity contribution is 9.09. The molecule has 0 aromatic heterocycles. The lowest BCUT2D eigenvalue weighted by molar-refractivity contribution is -0.129. The number of likely N-dealkylation sites (tertiary alicyclic amines) is 1. The van der Waals surface area contributed by atoms with Crippen LogP contribution in [0.2, 0.25) is 0 Å². The Labute approximate surface area is 107 Å². The number of carbonyl (C=O) groups is 1. The Morgan fingerprint density at radius 3 is 2.56 bits per heavy atom. The molecule has 92 valence electrons. The highest BCUT2D eigenvalue weighted by atomic mass is 79.9. The quantitative estimate of drug-likeness (QED) is 0.728. The van der Waals surface area contributed by atoms with Crippen molar-refractivity contribution in [1.82, 2.24) is 4.90 Å². The van der Waals surface area contributed by atoms with Crippen molar-refractivity contribution in [3.63, 3.8) is 0 Å². The van der Waals surface area contributed by atoms with Gasteiger partial charge < -0.3 is 4.90 Å². The van der Waals surface area contributed by atoms with Crippen LogP contribution in [-0.4, -0.2) is 29.2 Å². The highest BCUT2D eigenvalue weighted by Gasteiger charge is 2.41. The predicted octanol–water partition coefficient (Wildman–Crippen LogP) is 3.06. The molecule has 0 N–H and O–H groups in total. The summed E-state index contributed by atoms with van der Waals surface area (Å²) in [6, 6.07) is 0. The first kappa shape index (κ1) is 12.4. The molecule has 2 fully saturated rings. The van der Waals surface area contributed by atoms with Crippen LogP contribution in [0.3, 0.4) is 0 Å². The zero-order valence-electron chi connectivity index (χ0n) is 10.3. The van der Waals surface area contributed by atoms with E-state index in [4.69, 9.17) is 0 Å². The summed E-state index contributed by atoms with van der Waals surface area (Å²) < 4.78 is 0. The molecule has 0 radical (unpaired) electrons. The maximum Gasteiger partial charge on any atom is 0.222 e. The molecule has 1 unspecified atom stereocenters. The number of amides is 1. The van der Waals surface area contributed by atoms with E-state index in [1.165, 1.54) is 19.3 Å². The van der Waals surface area contributed by atoms with Crippen LogP contribution in [0, 0.1) is 17.3 Å². The number of alkyl halides is 1. The summed E-state index contributed by atoms with van der Waals surface area (Å²) in [6.07, 6.45) is 4.68. The Kier molecular flexibility index (Phi) is 3.62. The third-order valence-electron chi connectivity index (χ3n) is 4.41. The molecule has 1 atom stereocenters. The molecule has 0 bridgehead atoms. The second-order valence-electron chi connectivity index (χ2n) is 5.97. The fourth-order valence-corrected chi connectivity index (χ4v) is 3.56. The van der Waals surface area contributed by atoms with Gasteiger partial charge in [-0.2, -0.15) is 0 Å². The molecule has 1 heterocycles. The van der Waals surface area contributed by atoms with Gasteiger partial charge in [-0.1, -0.05) is 36.2 Å². The maximum atomic E-state index is 11.9. The molecular formula is C13H22BrNO. The number of hydrogen-bond acceptors (Lipinski definition) is 1. The fraction of sp³-hybridized carbons (Fsp3) is 0.923. The maximum absolute atomic E-state index is 11.9. The standard InChI is InChI=1S/C13H22BrNO/c1-10(2)11-6-12(16)15(7-11)9-13(8-14)4-3-5-13/h10-11H,3-9H2,1-2H3. The first-order chi connectivity index (χ1) is 7.56. The van der Waals surface area contributed by atoms with Crippen molar-refractivity contribution in [3.8, 4) is 0 Å². The lowest BCUT2D eigenvalue weighted by Gasteiger charge is -2.43. The van der Waals surface area contributed by atoms with Gasteiger partial charge in [-0.3, -0.25) is 4.79 Å². The van der Waals surface area contributed by atoms with Gasteiger partial charge in [-0.05, 0) is 30.1 Å². The fourth-order valence-electron chi connectivity index (χ4n) is 2.82. The minimum Gasteiger partial charge on any atom is -0.342 e. The number of halogens is 1. The zero-order valence-corrected chi connectivity index (χ0v) is 11.9. The number of rotatable bonds is 4. The largest absolute Gasteiger partial charge is 0.342 e. The summed E-state index contributed by atoms with van der Waals surface area (Å²) in [6.45, 7) is 6.43. The molecule has 1 saturated heterocycles. The van der Waals surface area contributed by atoms with Crippen LogP contribution in [0.15, 0.2) is 0 Å². The molecule has 0 aromatic rings. The minimum atomic E-state index is 0.380. The van der Waals surface area contributed by atoms with Gasteiger partial charge in [-0.25, -0.2) is 0 Å². The summed E-state index contributed by atoms with van der Waals surface area (Å²) >= 11 is 3.62. The Bertz CT molecular complexity index is 268. The molecule has 2 rings (SSSR count). The second-order valence-corrected chi connectivity index (χ2v) is 6.53. The van der Waals surface area contributed by atoms with Crippen LogP contribution in [0.25, 0.3) is 0 Å². The molecule has 1 aliphatic heterocycles. The van der Waals surface area contributed by atoms with Crippen molar-refractivity contribution in [2.45, 2.75) is 39.5 Å². The van der Waals surface area contributed by atoms with E-state index >= 15 is 0 Å². The first-order valence-electron chi connectivity index (χ1n) is 6.40. The van der Waals surface area contributed by atoms with Crippen molar-refractivity contribution in [3.05, 3.63) is 0 Å². The van der Waals surface area contributed by atoms with Crippen molar-refractivity contribution in [2.24, 2.45) is 17.3 Å². The normalized spacial score (nSPS) is 28.6.